The summed E-state index contributed by atoms with van der Waals surface area (Å²) in [6, 6.07) is 20.3. The molecule has 3 heteroatoms. The smallest absolute Gasteiger partial charge is 0.134 e. The molecule has 1 atom stereocenters. The largest absolute Gasteiger partial charge is 0.459 e. The highest BCUT2D eigenvalue weighted by Crippen LogP contribution is 2.24. The van der Waals surface area contributed by atoms with Crippen LogP contribution >= 0.6 is 0 Å². The van der Waals surface area contributed by atoms with Gasteiger partial charge in [0, 0.05) is 5.39 Å². The first-order chi connectivity index (χ1) is 10.4. The van der Waals surface area contributed by atoms with E-state index in [9.17, 15) is 0 Å². The van der Waals surface area contributed by atoms with Gasteiger partial charge in [-0.15, -0.1) is 0 Å². The predicted molar refractivity (Wildman–Crippen MR) is 84.1 cm³/mol. The van der Waals surface area contributed by atoms with Gasteiger partial charge in [0.25, 0.3) is 0 Å². The van der Waals surface area contributed by atoms with Crippen LogP contribution in [0.25, 0.3) is 11.0 Å². The van der Waals surface area contributed by atoms with Crippen LogP contribution in [0.5, 0.6) is 0 Å². The lowest BCUT2D eigenvalue weighted by atomic mass is 10.2. The van der Waals surface area contributed by atoms with Crippen molar-refractivity contribution in [3.63, 3.8) is 0 Å². The Labute approximate surface area is 124 Å². The zero-order valence-electron chi connectivity index (χ0n) is 12.1. The van der Waals surface area contributed by atoms with Crippen LogP contribution in [-0.2, 0) is 11.3 Å². The predicted octanol–water partition coefficient (Wildman–Crippen LogP) is 3.91. The molecule has 0 fully saturated rings. The third kappa shape index (κ3) is 3.32. The summed E-state index contributed by atoms with van der Waals surface area (Å²) in [4.78, 5) is 0. The first-order valence-electron chi connectivity index (χ1n) is 7.14. The normalized spacial score (nSPS) is 12.6. The van der Waals surface area contributed by atoms with E-state index in [-0.39, 0.29) is 6.04 Å². The van der Waals surface area contributed by atoms with Crippen LogP contribution in [-0.4, -0.2) is 13.7 Å². The van der Waals surface area contributed by atoms with Crippen LogP contribution in [0, 0.1) is 0 Å². The molecule has 0 aliphatic rings. The summed E-state index contributed by atoms with van der Waals surface area (Å²) in [7, 11) is 1.92. The number of nitrogens with one attached hydrogen (secondary N) is 1. The van der Waals surface area contributed by atoms with Crippen LogP contribution in [0.15, 0.2) is 65.1 Å². The molecule has 3 rings (SSSR count). The van der Waals surface area contributed by atoms with E-state index in [4.69, 9.17) is 9.15 Å². The molecule has 0 aliphatic carbocycles. The van der Waals surface area contributed by atoms with Crippen LogP contribution in [0.1, 0.15) is 17.4 Å². The first-order valence-corrected chi connectivity index (χ1v) is 7.14. The Hall–Kier alpha value is -2.10. The molecule has 1 N–H and O–H groups in total. The van der Waals surface area contributed by atoms with Gasteiger partial charge in [-0.25, -0.2) is 0 Å². The molecule has 108 valence electrons. The van der Waals surface area contributed by atoms with Gasteiger partial charge in [-0.1, -0.05) is 48.5 Å². The molecule has 1 aromatic heterocycles. The van der Waals surface area contributed by atoms with Gasteiger partial charge >= 0.3 is 0 Å². The van der Waals surface area contributed by atoms with Crippen molar-refractivity contribution in [3.8, 4) is 0 Å². The fourth-order valence-electron chi connectivity index (χ4n) is 2.35. The second kappa shape index (κ2) is 6.57. The average molecular weight is 281 g/mol. The second-order valence-corrected chi connectivity index (χ2v) is 5.03. The van der Waals surface area contributed by atoms with Gasteiger partial charge in [0.05, 0.1) is 19.3 Å². The highest BCUT2D eigenvalue weighted by molar-refractivity contribution is 5.77. The average Bonchev–Trinajstić information content (AvgIpc) is 2.96. The van der Waals surface area contributed by atoms with Gasteiger partial charge < -0.3 is 14.5 Å². The molecule has 0 amide bonds. The van der Waals surface area contributed by atoms with Gasteiger partial charge in [-0.3, -0.25) is 0 Å². The number of benzene rings is 2. The molecule has 0 saturated heterocycles. The molecule has 0 radical (unpaired) electrons. The van der Waals surface area contributed by atoms with Crippen LogP contribution in [0.2, 0.25) is 0 Å². The summed E-state index contributed by atoms with van der Waals surface area (Å²) < 4.78 is 11.7. The zero-order chi connectivity index (χ0) is 14.5. The topological polar surface area (TPSA) is 34.4 Å². The van der Waals surface area contributed by atoms with Gasteiger partial charge in [0.2, 0.25) is 0 Å². The Balaban J connectivity index is 1.64. The molecule has 21 heavy (non-hydrogen) atoms. The summed E-state index contributed by atoms with van der Waals surface area (Å²) in [6.45, 7) is 1.18. The minimum Gasteiger partial charge on any atom is -0.459 e. The maximum Gasteiger partial charge on any atom is 0.134 e. The quantitative estimate of drug-likeness (QED) is 0.744. The van der Waals surface area contributed by atoms with Crippen molar-refractivity contribution in [3.05, 3.63) is 72.0 Å². The van der Waals surface area contributed by atoms with E-state index in [2.05, 4.69) is 29.6 Å². The van der Waals surface area contributed by atoms with Gasteiger partial charge in [-0.2, -0.15) is 0 Å². The summed E-state index contributed by atoms with van der Waals surface area (Å²) in [5.74, 6) is 0.909. The van der Waals surface area contributed by atoms with Crippen LogP contribution < -0.4 is 5.32 Å². The Bertz CT molecular complexity index is 658. The monoisotopic (exact) mass is 281 g/mol. The van der Waals surface area contributed by atoms with Crippen molar-refractivity contribution in [2.24, 2.45) is 0 Å². The van der Waals surface area contributed by atoms with E-state index in [1.807, 2.05) is 43.4 Å². The summed E-state index contributed by atoms with van der Waals surface area (Å²) in [5, 5.41) is 4.37. The molecular weight excluding hydrogens is 262 g/mol. The van der Waals surface area contributed by atoms with E-state index < -0.39 is 0 Å². The lowest BCUT2D eigenvalue weighted by molar-refractivity contribution is 0.0954. The van der Waals surface area contributed by atoms with E-state index in [1.165, 1.54) is 5.56 Å². The van der Waals surface area contributed by atoms with Gasteiger partial charge in [0.15, 0.2) is 0 Å². The minimum absolute atomic E-state index is 0.0566. The Kier molecular flexibility index (Phi) is 4.34. The van der Waals surface area contributed by atoms with E-state index >= 15 is 0 Å². The summed E-state index contributed by atoms with van der Waals surface area (Å²) >= 11 is 0. The number of furan rings is 1. The molecular formula is C18H19NO2. The van der Waals surface area contributed by atoms with E-state index in [1.54, 1.807) is 0 Å². The number of ether oxygens (including phenoxy) is 1. The highest BCUT2D eigenvalue weighted by atomic mass is 16.5. The number of para-hydroxylation sites is 1. The van der Waals surface area contributed by atoms with Gasteiger partial charge in [0.1, 0.15) is 11.3 Å². The third-order valence-corrected chi connectivity index (χ3v) is 3.53. The van der Waals surface area contributed by atoms with Crippen molar-refractivity contribution in [1.82, 2.24) is 5.32 Å². The molecule has 3 aromatic rings. The van der Waals surface area contributed by atoms with E-state index in [0.29, 0.717) is 13.2 Å². The Morgan fingerprint density at radius 1 is 1.05 bits per heavy atom. The van der Waals surface area contributed by atoms with E-state index in [0.717, 1.165) is 16.7 Å². The zero-order valence-corrected chi connectivity index (χ0v) is 12.1. The number of fused-ring (bicyclic) bond motifs is 1. The van der Waals surface area contributed by atoms with Crippen molar-refractivity contribution in [2.75, 3.05) is 13.7 Å². The lowest BCUT2D eigenvalue weighted by Gasteiger charge is -2.13. The SMILES string of the molecule is CNC(COCc1ccccc1)c1cc2ccccc2o1. The van der Waals surface area contributed by atoms with Crippen LogP contribution in [0.3, 0.4) is 0 Å². The minimum atomic E-state index is 0.0566. The van der Waals surface area contributed by atoms with Crippen molar-refractivity contribution >= 4 is 11.0 Å². The molecule has 1 unspecified atom stereocenters. The molecule has 2 aromatic carbocycles. The van der Waals surface area contributed by atoms with Gasteiger partial charge in [-0.05, 0) is 24.7 Å². The highest BCUT2D eigenvalue weighted by Gasteiger charge is 2.14. The Morgan fingerprint density at radius 2 is 1.81 bits per heavy atom. The Morgan fingerprint density at radius 3 is 2.57 bits per heavy atom. The fraction of sp³-hybridized carbons (Fsp3) is 0.222. The summed E-state index contributed by atoms with van der Waals surface area (Å²) in [5.41, 5.74) is 2.09. The lowest BCUT2D eigenvalue weighted by Crippen LogP contribution is -2.21. The second-order valence-electron chi connectivity index (χ2n) is 5.03. The molecule has 0 spiro atoms. The van der Waals surface area contributed by atoms with Crippen molar-refractivity contribution in [1.29, 1.82) is 0 Å². The van der Waals surface area contributed by atoms with Crippen molar-refractivity contribution < 1.29 is 9.15 Å². The molecule has 0 saturated carbocycles. The maximum atomic E-state index is 5.88. The number of likely N-dealkylation sites (N-methyl/N-ethyl adjacent to an activating group) is 1. The third-order valence-electron chi connectivity index (χ3n) is 3.53. The molecule has 0 aliphatic heterocycles. The maximum absolute atomic E-state index is 5.88. The molecule has 1 heterocycles. The van der Waals surface area contributed by atoms with Crippen molar-refractivity contribution in [2.45, 2.75) is 12.6 Å². The number of hydrogen-bond acceptors (Lipinski definition) is 3. The molecule has 0 bridgehead atoms. The molecule has 3 nitrogen and oxygen atoms in total. The first kappa shape index (κ1) is 13.9. The standard InChI is InChI=1S/C18H19NO2/c1-19-16(13-20-12-14-7-3-2-4-8-14)18-11-15-9-5-6-10-17(15)21-18/h2-11,16,19H,12-13H2,1H3. The number of hydrogen-bond donors (Lipinski definition) is 1. The van der Waals surface area contributed by atoms with Crippen LogP contribution in [0.4, 0.5) is 0 Å². The summed E-state index contributed by atoms with van der Waals surface area (Å²) in [6.07, 6.45) is 0. The number of rotatable bonds is 6. The fourth-order valence-corrected chi connectivity index (χ4v) is 2.35.